The van der Waals surface area contributed by atoms with Crippen molar-refractivity contribution in [3.63, 3.8) is 0 Å². The molecule has 1 atom stereocenters. The van der Waals surface area contributed by atoms with Gasteiger partial charge in [-0.1, -0.05) is 0 Å². The smallest absolute Gasteiger partial charge is 0.410 e. The number of rotatable bonds is 6. The molecule has 1 aliphatic rings. The fourth-order valence-corrected chi connectivity index (χ4v) is 3.72. The Balaban J connectivity index is 1.71. The van der Waals surface area contributed by atoms with Gasteiger partial charge in [0.05, 0.1) is 6.42 Å². The number of nitrogens with zero attached hydrogens (tertiary/aromatic N) is 6. The number of aromatic nitrogens is 4. The maximum absolute atomic E-state index is 12.2. The van der Waals surface area contributed by atoms with Gasteiger partial charge >= 0.3 is 12.1 Å². The summed E-state index contributed by atoms with van der Waals surface area (Å²) in [5.41, 5.74) is 0.811. The molecule has 1 saturated heterocycles. The topological polar surface area (TPSA) is 114 Å². The van der Waals surface area contributed by atoms with Crippen molar-refractivity contribution in [3.8, 4) is 0 Å². The number of carboxylic acids is 1. The Morgan fingerprint density at radius 3 is 2.73 bits per heavy atom. The molecule has 164 valence electrons. The van der Waals surface area contributed by atoms with Crippen molar-refractivity contribution in [2.75, 3.05) is 31.6 Å². The number of hydrogen-bond donors (Lipinski definition) is 1. The van der Waals surface area contributed by atoms with Crippen LogP contribution in [0.1, 0.15) is 39.4 Å². The number of imidazole rings is 1. The second-order valence-corrected chi connectivity index (χ2v) is 8.79. The number of carbonyl (C=O) groups is 2. The monoisotopic (exact) mass is 418 g/mol. The number of anilines is 1. The minimum atomic E-state index is -0.859. The van der Waals surface area contributed by atoms with E-state index < -0.39 is 11.6 Å². The van der Waals surface area contributed by atoms with Gasteiger partial charge in [-0.3, -0.25) is 4.79 Å². The number of hydrogen-bond acceptors (Lipinski definition) is 7. The van der Waals surface area contributed by atoms with E-state index in [1.165, 1.54) is 6.33 Å². The van der Waals surface area contributed by atoms with Crippen molar-refractivity contribution in [2.24, 2.45) is 5.92 Å². The number of carboxylic acid groups (broad SMARTS) is 1. The molecule has 0 aromatic carbocycles. The van der Waals surface area contributed by atoms with E-state index in [-0.39, 0.29) is 12.5 Å². The molecule has 10 nitrogen and oxygen atoms in total. The van der Waals surface area contributed by atoms with Gasteiger partial charge in [0.25, 0.3) is 0 Å². The SMILES string of the molecule is Cc1nc2c(N3CC[C@H](CN(C)C(=O)OC(C)(C)C)C3)ncnc2n1CCC(=O)O. The Kier molecular flexibility index (Phi) is 6.14. The molecule has 0 saturated carbocycles. The summed E-state index contributed by atoms with van der Waals surface area (Å²) in [6.45, 7) is 9.88. The normalized spacial score (nSPS) is 16.8. The number of fused-ring (bicyclic) bond motifs is 1. The van der Waals surface area contributed by atoms with Gasteiger partial charge in [-0.2, -0.15) is 0 Å². The van der Waals surface area contributed by atoms with Crippen LogP contribution >= 0.6 is 0 Å². The third kappa shape index (κ3) is 4.98. The summed E-state index contributed by atoms with van der Waals surface area (Å²) in [7, 11) is 1.76. The summed E-state index contributed by atoms with van der Waals surface area (Å²) in [5.74, 6) is 0.901. The standard InChI is InChI=1S/C20H30N6O4/c1-13-23-16-17(21-12-22-18(16)26(13)9-7-15(27)28)25-8-6-14(11-25)10-24(5)19(29)30-20(2,3)4/h12,14H,6-11H2,1-5H3,(H,27,28)/t14-/m1/s1. The first-order valence-corrected chi connectivity index (χ1v) is 10.1. The summed E-state index contributed by atoms with van der Waals surface area (Å²) in [6, 6.07) is 0. The maximum Gasteiger partial charge on any atom is 0.410 e. The zero-order chi connectivity index (χ0) is 22.1. The van der Waals surface area contributed by atoms with E-state index in [1.807, 2.05) is 32.3 Å². The van der Waals surface area contributed by atoms with Crippen LogP contribution in [0.4, 0.5) is 10.6 Å². The van der Waals surface area contributed by atoms with Gasteiger partial charge in [-0.15, -0.1) is 0 Å². The van der Waals surface area contributed by atoms with Crippen LogP contribution in [0.5, 0.6) is 0 Å². The molecule has 0 unspecified atom stereocenters. The fourth-order valence-electron chi connectivity index (χ4n) is 3.72. The van der Waals surface area contributed by atoms with Crippen LogP contribution in [0.15, 0.2) is 6.33 Å². The molecule has 3 heterocycles. The highest BCUT2D eigenvalue weighted by molar-refractivity contribution is 5.84. The second-order valence-electron chi connectivity index (χ2n) is 8.79. The van der Waals surface area contributed by atoms with Crippen molar-refractivity contribution in [1.82, 2.24) is 24.4 Å². The maximum atomic E-state index is 12.2. The van der Waals surface area contributed by atoms with Gasteiger partial charge in [-0.25, -0.2) is 19.7 Å². The number of carbonyl (C=O) groups excluding carboxylic acids is 1. The highest BCUT2D eigenvalue weighted by Crippen LogP contribution is 2.28. The van der Waals surface area contributed by atoms with Crippen molar-refractivity contribution < 1.29 is 19.4 Å². The summed E-state index contributed by atoms with van der Waals surface area (Å²) < 4.78 is 7.25. The Morgan fingerprint density at radius 1 is 1.33 bits per heavy atom. The highest BCUT2D eigenvalue weighted by atomic mass is 16.6. The first-order valence-electron chi connectivity index (χ1n) is 10.1. The van der Waals surface area contributed by atoms with Crippen LogP contribution < -0.4 is 4.90 Å². The van der Waals surface area contributed by atoms with E-state index in [1.54, 1.807) is 11.9 Å². The van der Waals surface area contributed by atoms with Crippen LogP contribution in [0.2, 0.25) is 0 Å². The van der Waals surface area contributed by atoms with E-state index in [0.717, 1.165) is 25.3 Å². The first kappa shape index (κ1) is 21.8. The number of aliphatic carboxylic acids is 1. The number of aryl methyl sites for hydroxylation is 2. The molecule has 2 aromatic rings. The number of amides is 1. The molecule has 1 fully saturated rings. The minimum absolute atomic E-state index is 0.00836. The molecule has 30 heavy (non-hydrogen) atoms. The third-order valence-corrected chi connectivity index (χ3v) is 5.08. The Labute approximate surface area is 175 Å². The predicted octanol–water partition coefficient (Wildman–Crippen LogP) is 2.30. The molecule has 0 spiro atoms. The van der Waals surface area contributed by atoms with Crippen molar-refractivity contribution in [2.45, 2.75) is 52.7 Å². The van der Waals surface area contributed by atoms with Crippen molar-refractivity contribution >= 4 is 29.0 Å². The van der Waals surface area contributed by atoms with Gasteiger partial charge in [0.1, 0.15) is 17.8 Å². The van der Waals surface area contributed by atoms with E-state index >= 15 is 0 Å². The van der Waals surface area contributed by atoms with Crippen LogP contribution in [0, 0.1) is 12.8 Å². The van der Waals surface area contributed by atoms with Gasteiger partial charge in [0.2, 0.25) is 0 Å². The molecule has 2 aromatic heterocycles. The number of ether oxygens (including phenoxy) is 1. The van der Waals surface area contributed by atoms with Gasteiger partial charge in [0.15, 0.2) is 17.0 Å². The fraction of sp³-hybridized carbons (Fsp3) is 0.650. The minimum Gasteiger partial charge on any atom is -0.481 e. The quantitative estimate of drug-likeness (QED) is 0.760. The molecule has 0 bridgehead atoms. The molecule has 1 amide bonds. The molecule has 1 N–H and O–H groups in total. The van der Waals surface area contributed by atoms with E-state index in [4.69, 9.17) is 9.84 Å². The molecule has 1 aliphatic heterocycles. The summed E-state index contributed by atoms with van der Waals surface area (Å²) in [4.78, 5) is 40.4. The lowest BCUT2D eigenvalue weighted by atomic mass is 10.1. The predicted molar refractivity (Wildman–Crippen MR) is 111 cm³/mol. The zero-order valence-corrected chi connectivity index (χ0v) is 18.3. The summed E-state index contributed by atoms with van der Waals surface area (Å²) in [5, 5.41) is 8.99. The van der Waals surface area contributed by atoms with E-state index in [0.29, 0.717) is 36.0 Å². The molecule has 0 radical (unpaired) electrons. The average molecular weight is 418 g/mol. The average Bonchev–Trinajstić information content (AvgIpc) is 3.21. The summed E-state index contributed by atoms with van der Waals surface area (Å²) in [6.07, 6.45) is 2.11. The van der Waals surface area contributed by atoms with Gasteiger partial charge in [0, 0.05) is 33.2 Å². The lowest BCUT2D eigenvalue weighted by molar-refractivity contribution is -0.137. The zero-order valence-electron chi connectivity index (χ0n) is 18.3. The molecule has 3 rings (SSSR count). The van der Waals surface area contributed by atoms with Crippen LogP contribution in [-0.2, 0) is 16.1 Å². The summed E-state index contributed by atoms with van der Waals surface area (Å²) >= 11 is 0. The van der Waals surface area contributed by atoms with Crippen LogP contribution in [-0.4, -0.2) is 73.9 Å². The van der Waals surface area contributed by atoms with Crippen LogP contribution in [0.25, 0.3) is 11.2 Å². The van der Waals surface area contributed by atoms with E-state index in [2.05, 4.69) is 19.9 Å². The second kappa shape index (κ2) is 8.45. The Hall–Kier alpha value is -2.91. The molecular formula is C20H30N6O4. The first-order chi connectivity index (χ1) is 14.0. The van der Waals surface area contributed by atoms with Gasteiger partial charge < -0.3 is 24.2 Å². The molecular weight excluding hydrogens is 388 g/mol. The highest BCUT2D eigenvalue weighted by Gasteiger charge is 2.29. The third-order valence-electron chi connectivity index (χ3n) is 5.08. The largest absolute Gasteiger partial charge is 0.481 e. The lowest BCUT2D eigenvalue weighted by Crippen LogP contribution is -2.37. The van der Waals surface area contributed by atoms with Crippen LogP contribution in [0.3, 0.4) is 0 Å². The van der Waals surface area contributed by atoms with Crippen molar-refractivity contribution in [3.05, 3.63) is 12.2 Å². The van der Waals surface area contributed by atoms with E-state index in [9.17, 15) is 9.59 Å². The Bertz CT molecular complexity index is 935. The molecule has 0 aliphatic carbocycles. The lowest BCUT2D eigenvalue weighted by Gasteiger charge is -2.26. The Morgan fingerprint density at radius 2 is 2.07 bits per heavy atom. The van der Waals surface area contributed by atoms with Crippen molar-refractivity contribution in [1.29, 1.82) is 0 Å². The van der Waals surface area contributed by atoms with Gasteiger partial charge in [-0.05, 0) is 40.0 Å². The molecule has 10 heteroatoms.